The minimum Gasteiger partial charge on any atom is -0.347 e. The van der Waals surface area contributed by atoms with E-state index in [0.717, 1.165) is 19.6 Å². The van der Waals surface area contributed by atoms with Crippen LogP contribution in [0.3, 0.4) is 0 Å². The average molecular weight is 271 g/mol. The van der Waals surface area contributed by atoms with Crippen molar-refractivity contribution in [2.24, 2.45) is 0 Å². The van der Waals surface area contributed by atoms with E-state index in [4.69, 9.17) is 0 Å². The minimum absolute atomic E-state index is 0.212. The van der Waals surface area contributed by atoms with Gasteiger partial charge >= 0.3 is 0 Å². The van der Waals surface area contributed by atoms with Gasteiger partial charge < -0.3 is 9.80 Å². The van der Waals surface area contributed by atoms with Gasteiger partial charge in [-0.2, -0.15) is 4.39 Å². The second kappa shape index (κ2) is 5.59. The predicted molar refractivity (Wildman–Crippen MR) is 78.2 cm³/mol. The first-order chi connectivity index (χ1) is 9.74. The van der Waals surface area contributed by atoms with Crippen molar-refractivity contribution in [2.45, 2.75) is 6.04 Å². The Labute approximate surface area is 118 Å². The molecular weight excluding hydrogens is 253 g/mol. The Morgan fingerprint density at radius 1 is 1.05 bits per heavy atom. The number of piperazine rings is 1. The molecule has 104 valence electrons. The smallest absolute Gasteiger partial charge is 0.214 e. The Balaban J connectivity index is 1.95. The third-order valence-electron chi connectivity index (χ3n) is 3.76. The number of likely N-dealkylation sites (N-methyl/N-ethyl adjacent to an activating group) is 1. The van der Waals surface area contributed by atoms with E-state index in [1.165, 1.54) is 11.6 Å². The van der Waals surface area contributed by atoms with E-state index >= 15 is 0 Å². The molecule has 4 heteroatoms. The minimum atomic E-state index is -0.423. The van der Waals surface area contributed by atoms with Crippen LogP contribution in [-0.4, -0.2) is 36.6 Å². The van der Waals surface area contributed by atoms with E-state index in [1.807, 2.05) is 24.3 Å². The summed E-state index contributed by atoms with van der Waals surface area (Å²) in [6.45, 7) is 2.73. The summed E-state index contributed by atoms with van der Waals surface area (Å²) in [5, 5.41) is 0. The predicted octanol–water partition coefficient (Wildman–Crippen LogP) is 2.71. The summed E-state index contributed by atoms with van der Waals surface area (Å²) in [7, 11) is 2.12. The van der Waals surface area contributed by atoms with Crippen LogP contribution >= 0.6 is 0 Å². The molecular formula is C16H18FN3. The lowest BCUT2D eigenvalue weighted by atomic mass is 10.0. The van der Waals surface area contributed by atoms with Crippen molar-refractivity contribution >= 4 is 5.82 Å². The highest BCUT2D eigenvalue weighted by atomic mass is 19.1. The Morgan fingerprint density at radius 3 is 2.60 bits per heavy atom. The second-order valence-corrected chi connectivity index (χ2v) is 5.20. The number of halogens is 1. The standard InChI is InChI=1S/C16H18FN3/c1-19-10-11-20(16-9-5-8-15(17)18-16)14(12-19)13-6-3-2-4-7-13/h2-9,14H,10-12H2,1H3. The first-order valence-electron chi connectivity index (χ1n) is 6.87. The third-order valence-corrected chi connectivity index (χ3v) is 3.76. The van der Waals surface area contributed by atoms with E-state index in [2.05, 4.69) is 34.0 Å². The van der Waals surface area contributed by atoms with Crippen molar-refractivity contribution in [1.29, 1.82) is 0 Å². The lowest BCUT2D eigenvalue weighted by Crippen LogP contribution is -2.47. The summed E-state index contributed by atoms with van der Waals surface area (Å²) in [6.07, 6.45) is 0. The van der Waals surface area contributed by atoms with Crippen LogP contribution in [0.1, 0.15) is 11.6 Å². The summed E-state index contributed by atoms with van der Waals surface area (Å²) in [5.41, 5.74) is 1.24. The van der Waals surface area contributed by atoms with Crippen molar-refractivity contribution in [1.82, 2.24) is 9.88 Å². The molecule has 3 rings (SSSR count). The molecule has 0 saturated carbocycles. The van der Waals surface area contributed by atoms with Crippen molar-refractivity contribution in [3.63, 3.8) is 0 Å². The maximum absolute atomic E-state index is 13.4. The van der Waals surface area contributed by atoms with E-state index in [1.54, 1.807) is 6.07 Å². The van der Waals surface area contributed by atoms with Crippen LogP contribution in [0.25, 0.3) is 0 Å². The quantitative estimate of drug-likeness (QED) is 0.783. The number of pyridine rings is 1. The SMILES string of the molecule is CN1CCN(c2cccc(F)n2)C(c2ccccc2)C1. The lowest BCUT2D eigenvalue weighted by molar-refractivity contribution is 0.268. The van der Waals surface area contributed by atoms with Gasteiger partial charge in [-0.15, -0.1) is 0 Å². The van der Waals surface area contributed by atoms with Gasteiger partial charge in [-0.1, -0.05) is 36.4 Å². The number of benzene rings is 1. The Kier molecular flexibility index (Phi) is 3.65. The number of rotatable bonds is 2. The van der Waals surface area contributed by atoms with Gasteiger partial charge in [-0.3, -0.25) is 0 Å². The number of nitrogens with zero attached hydrogens (tertiary/aromatic N) is 3. The summed E-state index contributed by atoms with van der Waals surface area (Å²) < 4.78 is 13.4. The van der Waals surface area contributed by atoms with Crippen LogP contribution in [0.15, 0.2) is 48.5 Å². The summed E-state index contributed by atoms with van der Waals surface area (Å²) in [4.78, 5) is 8.53. The van der Waals surface area contributed by atoms with E-state index in [9.17, 15) is 4.39 Å². The van der Waals surface area contributed by atoms with Crippen LogP contribution in [0.2, 0.25) is 0 Å². The highest BCUT2D eigenvalue weighted by molar-refractivity contribution is 5.43. The Bertz CT molecular complexity index is 573. The molecule has 1 fully saturated rings. The fourth-order valence-electron chi connectivity index (χ4n) is 2.71. The largest absolute Gasteiger partial charge is 0.347 e. The molecule has 1 aromatic carbocycles. The summed E-state index contributed by atoms with van der Waals surface area (Å²) in [6, 6.07) is 15.5. The molecule has 2 heterocycles. The topological polar surface area (TPSA) is 19.4 Å². The monoisotopic (exact) mass is 271 g/mol. The fraction of sp³-hybridized carbons (Fsp3) is 0.312. The first-order valence-corrected chi connectivity index (χ1v) is 6.87. The molecule has 0 radical (unpaired) electrons. The van der Waals surface area contributed by atoms with Gasteiger partial charge in [-0.05, 0) is 24.7 Å². The zero-order valence-electron chi connectivity index (χ0n) is 11.5. The number of aromatic nitrogens is 1. The average Bonchev–Trinajstić information content (AvgIpc) is 2.48. The molecule has 1 unspecified atom stereocenters. The van der Waals surface area contributed by atoms with Gasteiger partial charge in [0.1, 0.15) is 5.82 Å². The van der Waals surface area contributed by atoms with Crippen molar-refractivity contribution in [3.05, 3.63) is 60.0 Å². The van der Waals surface area contributed by atoms with Crippen molar-refractivity contribution < 1.29 is 4.39 Å². The van der Waals surface area contributed by atoms with E-state index in [0.29, 0.717) is 5.82 Å². The van der Waals surface area contributed by atoms with Crippen LogP contribution in [0, 0.1) is 5.95 Å². The fourth-order valence-corrected chi connectivity index (χ4v) is 2.71. The number of hydrogen-bond donors (Lipinski definition) is 0. The van der Waals surface area contributed by atoms with Gasteiger partial charge in [0, 0.05) is 19.6 Å². The molecule has 20 heavy (non-hydrogen) atoms. The van der Waals surface area contributed by atoms with Crippen molar-refractivity contribution in [2.75, 3.05) is 31.6 Å². The molecule has 0 N–H and O–H groups in total. The van der Waals surface area contributed by atoms with Crippen LogP contribution < -0.4 is 4.90 Å². The molecule has 2 aromatic rings. The Morgan fingerprint density at radius 2 is 1.85 bits per heavy atom. The second-order valence-electron chi connectivity index (χ2n) is 5.20. The zero-order valence-corrected chi connectivity index (χ0v) is 11.5. The number of hydrogen-bond acceptors (Lipinski definition) is 3. The van der Waals surface area contributed by atoms with Gasteiger partial charge in [0.2, 0.25) is 5.95 Å². The van der Waals surface area contributed by atoms with Crippen LogP contribution in [-0.2, 0) is 0 Å². The Hall–Kier alpha value is -1.94. The molecule has 3 nitrogen and oxygen atoms in total. The van der Waals surface area contributed by atoms with Crippen LogP contribution in [0.5, 0.6) is 0 Å². The molecule has 1 saturated heterocycles. The molecule has 1 aliphatic heterocycles. The molecule has 1 aromatic heterocycles. The molecule has 0 aliphatic carbocycles. The molecule has 1 aliphatic rings. The highest BCUT2D eigenvalue weighted by Gasteiger charge is 2.27. The van der Waals surface area contributed by atoms with Gasteiger partial charge in [0.15, 0.2) is 0 Å². The molecule has 0 amide bonds. The van der Waals surface area contributed by atoms with Gasteiger partial charge in [-0.25, -0.2) is 4.98 Å². The highest BCUT2D eigenvalue weighted by Crippen LogP contribution is 2.28. The van der Waals surface area contributed by atoms with E-state index in [-0.39, 0.29) is 6.04 Å². The maximum Gasteiger partial charge on any atom is 0.214 e. The number of anilines is 1. The molecule has 0 spiro atoms. The van der Waals surface area contributed by atoms with Crippen molar-refractivity contribution in [3.8, 4) is 0 Å². The summed E-state index contributed by atoms with van der Waals surface area (Å²) in [5.74, 6) is 0.292. The lowest BCUT2D eigenvalue weighted by Gasteiger charge is -2.41. The molecule has 0 bridgehead atoms. The zero-order chi connectivity index (χ0) is 13.9. The van der Waals surface area contributed by atoms with Crippen LogP contribution in [0.4, 0.5) is 10.2 Å². The van der Waals surface area contributed by atoms with Gasteiger partial charge in [0.25, 0.3) is 0 Å². The summed E-state index contributed by atoms with van der Waals surface area (Å²) >= 11 is 0. The molecule has 1 atom stereocenters. The van der Waals surface area contributed by atoms with E-state index < -0.39 is 5.95 Å². The maximum atomic E-state index is 13.4. The normalized spacial score (nSPS) is 20.1. The first kappa shape index (κ1) is 13.1. The third kappa shape index (κ3) is 2.65. The van der Waals surface area contributed by atoms with Gasteiger partial charge in [0.05, 0.1) is 6.04 Å².